The lowest BCUT2D eigenvalue weighted by atomic mass is 9.98. The molecular formula is C16H16FNO3. The zero-order valence-corrected chi connectivity index (χ0v) is 12.1. The van der Waals surface area contributed by atoms with Crippen LogP contribution in [-0.2, 0) is 0 Å². The second-order valence-corrected chi connectivity index (χ2v) is 5.09. The minimum Gasteiger partial charge on any atom is -0.477 e. The van der Waals surface area contributed by atoms with Crippen LogP contribution in [0, 0.1) is 12.7 Å². The van der Waals surface area contributed by atoms with E-state index in [4.69, 9.17) is 9.84 Å². The molecule has 0 unspecified atom stereocenters. The van der Waals surface area contributed by atoms with Crippen molar-refractivity contribution in [3.05, 3.63) is 53.0 Å². The highest BCUT2D eigenvalue weighted by Gasteiger charge is 2.15. The molecule has 0 spiro atoms. The summed E-state index contributed by atoms with van der Waals surface area (Å²) in [6.07, 6.45) is 0.928. The van der Waals surface area contributed by atoms with Crippen molar-refractivity contribution >= 4 is 5.97 Å². The highest BCUT2D eigenvalue weighted by molar-refractivity contribution is 5.90. The summed E-state index contributed by atoms with van der Waals surface area (Å²) in [6, 6.07) is 6.38. The molecule has 1 heterocycles. The molecule has 1 aromatic carbocycles. The molecule has 2 aromatic rings. The summed E-state index contributed by atoms with van der Waals surface area (Å²) < 4.78 is 18.6. The van der Waals surface area contributed by atoms with E-state index in [9.17, 15) is 9.18 Å². The summed E-state index contributed by atoms with van der Waals surface area (Å²) in [5.74, 6) is -1.27. The first kappa shape index (κ1) is 15.0. The van der Waals surface area contributed by atoms with Gasteiger partial charge in [-0.25, -0.2) is 14.2 Å². The molecule has 2 rings (SSSR count). The molecule has 4 nitrogen and oxygen atoms in total. The summed E-state index contributed by atoms with van der Waals surface area (Å²) in [7, 11) is 0. The molecule has 0 atom stereocenters. The average Bonchev–Trinajstić information content (AvgIpc) is 2.40. The first-order valence-corrected chi connectivity index (χ1v) is 6.55. The zero-order chi connectivity index (χ0) is 15.6. The monoisotopic (exact) mass is 289 g/mol. The van der Waals surface area contributed by atoms with Crippen LogP contribution in [-0.4, -0.2) is 16.1 Å². The number of halogens is 1. The summed E-state index contributed by atoms with van der Waals surface area (Å²) in [4.78, 5) is 14.8. The van der Waals surface area contributed by atoms with Gasteiger partial charge in [-0.3, -0.25) is 0 Å². The van der Waals surface area contributed by atoms with E-state index in [0.29, 0.717) is 11.7 Å². The lowest BCUT2D eigenvalue weighted by Crippen LogP contribution is -2.03. The van der Waals surface area contributed by atoms with E-state index >= 15 is 0 Å². The third-order valence-electron chi connectivity index (χ3n) is 3.13. The lowest BCUT2D eigenvalue weighted by Gasteiger charge is -2.12. The molecule has 5 heteroatoms. The normalized spacial score (nSPS) is 10.7. The Hall–Kier alpha value is -2.43. The number of aryl methyl sites for hydroxylation is 1. The van der Waals surface area contributed by atoms with Gasteiger partial charge in [-0.2, -0.15) is 0 Å². The van der Waals surface area contributed by atoms with Crippen LogP contribution in [0.3, 0.4) is 0 Å². The molecule has 1 N–H and O–H groups in total. The van der Waals surface area contributed by atoms with Gasteiger partial charge in [0.2, 0.25) is 5.88 Å². The molecule has 0 bridgehead atoms. The number of carboxylic acid groups (broad SMARTS) is 1. The maximum atomic E-state index is 13.1. The van der Waals surface area contributed by atoms with Crippen LogP contribution < -0.4 is 4.74 Å². The number of nitrogens with zero attached hydrogens (tertiary/aromatic N) is 1. The van der Waals surface area contributed by atoms with E-state index in [0.717, 1.165) is 17.8 Å². The van der Waals surface area contributed by atoms with Gasteiger partial charge < -0.3 is 9.84 Å². The minimum absolute atomic E-state index is 0.124. The Bertz CT molecular complexity index is 683. The Balaban J connectivity index is 2.35. The molecule has 0 radical (unpaired) electrons. The summed E-state index contributed by atoms with van der Waals surface area (Å²) in [5.41, 5.74) is 1.93. The van der Waals surface area contributed by atoms with Crippen LogP contribution in [0.1, 0.15) is 41.3 Å². The molecular weight excluding hydrogens is 273 g/mol. The van der Waals surface area contributed by atoms with Crippen molar-refractivity contribution in [2.24, 2.45) is 0 Å². The van der Waals surface area contributed by atoms with Gasteiger partial charge >= 0.3 is 5.97 Å². The van der Waals surface area contributed by atoms with Crippen molar-refractivity contribution < 1.29 is 19.0 Å². The van der Waals surface area contributed by atoms with Crippen LogP contribution >= 0.6 is 0 Å². The third-order valence-corrected chi connectivity index (χ3v) is 3.13. The molecule has 0 aliphatic rings. The number of hydrogen-bond donors (Lipinski definition) is 1. The van der Waals surface area contributed by atoms with Crippen molar-refractivity contribution in [2.45, 2.75) is 26.7 Å². The van der Waals surface area contributed by atoms with Crippen molar-refractivity contribution in [2.75, 3.05) is 0 Å². The van der Waals surface area contributed by atoms with Crippen LogP contribution in [0.4, 0.5) is 4.39 Å². The van der Waals surface area contributed by atoms with Gasteiger partial charge in [0, 0.05) is 0 Å². The molecule has 21 heavy (non-hydrogen) atoms. The number of rotatable bonds is 4. The first-order chi connectivity index (χ1) is 9.88. The minimum atomic E-state index is -1.28. The molecule has 0 saturated heterocycles. The number of benzene rings is 1. The maximum Gasteiger partial charge on any atom is 0.341 e. The van der Waals surface area contributed by atoms with Crippen LogP contribution in [0.5, 0.6) is 11.6 Å². The van der Waals surface area contributed by atoms with Crippen molar-refractivity contribution in [3.8, 4) is 11.6 Å². The second-order valence-electron chi connectivity index (χ2n) is 5.09. The van der Waals surface area contributed by atoms with Gasteiger partial charge in [0.1, 0.15) is 17.1 Å². The van der Waals surface area contributed by atoms with E-state index in [1.165, 1.54) is 5.56 Å². The number of pyridine rings is 1. The Kier molecular flexibility index (Phi) is 4.21. The molecule has 1 aromatic heterocycles. The van der Waals surface area contributed by atoms with E-state index in [1.54, 1.807) is 6.07 Å². The molecule has 110 valence electrons. The van der Waals surface area contributed by atoms with Crippen molar-refractivity contribution in [1.29, 1.82) is 0 Å². The van der Waals surface area contributed by atoms with Gasteiger partial charge in [0.25, 0.3) is 0 Å². The fourth-order valence-electron chi connectivity index (χ4n) is 2.13. The first-order valence-electron chi connectivity index (χ1n) is 6.55. The number of ether oxygens (including phenoxy) is 1. The molecule has 0 fully saturated rings. The Labute approximate surface area is 122 Å². The molecule has 0 saturated carbocycles. The van der Waals surface area contributed by atoms with E-state index in [2.05, 4.69) is 18.8 Å². The van der Waals surface area contributed by atoms with Gasteiger partial charge in [0.05, 0.1) is 6.20 Å². The number of carbonyl (C=O) groups is 1. The topological polar surface area (TPSA) is 59.4 Å². The third kappa shape index (κ3) is 3.37. The quantitative estimate of drug-likeness (QED) is 0.918. The average molecular weight is 289 g/mol. The largest absolute Gasteiger partial charge is 0.477 e. The molecule has 0 amide bonds. The van der Waals surface area contributed by atoms with Crippen LogP contribution in [0.15, 0.2) is 30.5 Å². The van der Waals surface area contributed by atoms with E-state index < -0.39 is 11.8 Å². The van der Waals surface area contributed by atoms with E-state index in [1.807, 2.05) is 19.1 Å². The highest BCUT2D eigenvalue weighted by Crippen LogP contribution is 2.28. The van der Waals surface area contributed by atoms with Gasteiger partial charge in [0.15, 0.2) is 0 Å². The smallest absolute Gasteiger partial charge is 0.341 e. The predicted octanol–water partition coefficient (Wildman–Crippen LogP) is 4.14. The fraction of sp³-hybridized carbons (Fsp3) is 0.250. The number of aromatic carboxylic acids is 1. The summed E-state index contributed by atoms with van der Waals surface area (Å²) >= 11 is 0. The predicted molar refractivity (Wildman–Crippen MR) is 76.5 cm³/mol. The maximum absolute atomic E-state index is 13.1. The SMILES string of the molecule is Cc1cc(Oc2ncc(F)cc2C(=O)O)ccc1C(C)C. The Morgan fingerprint density at radius 2 is 2.05 bits per heavy atom. The van der Waals surface area contributed by atoms with Gasteiger partial charge in [-0.15, -0.1) is 0 Å². The standard InChI is InChI=1S/C16H16FNO3/c1-9(2)13-5-4-12(6-10(13)3)21-15-14(16(19)20)7-11(17)8-18-15/h4-9H,1-3H3,(H,19,20). The number of carboxylic acids is 1. The summed E-state index contributed by atoms with van der Waals surface area (Å²) in [6.45, 7) is 6.14. The fourth-order valence-corrected chi connectivity index (χ4v) is 2.13. The number of aromatic nitrogens is 1. The van der Waals surface area contributed by atoms with Crippen molar-refractivity contribution in [3.63, 3.8) is 0 Å². The second kappa shape index (κ2) is 5.91. The zero-order valence-electron chi connectivity index (χ0n) is 12.1. The molecule has 0 aliphatic carbocycles. The Morgan fingerprint density at radius 1 is 1.33 bits per heavy atom. The Morgan fingerprint density at radius 3 is 2.62 bits per heavy atom. The highest BCUT2D eigenvalue weighted by atomic mass is 19.1. The number of hydrogen-bond acceptors (Lipinski definition) is 3. The van der Waals surface area contributed by atoms with Crippen LogP contribution in [0.2, 0.25) is 0 Å². The van der Waals surface area contributed by atoms with Gasteiger partial charge in [-0.1, -0.05) is 19.9 Å². The van der Waals surface area contributed by atoms with Crippen LogP contribution in [0.25, 0.3) is 0 Å². The van der Waals surface area contributed by atoms with Gasteiger partial charge in [-0.05, 0) is 42.2 Å². The van der Waals surface area contributed by atoms with Crippen molar-refractivity contribution in [1.82, 2.24) is 4.98 Å². The summed E-state index contributed by atoms with van der Waals surface area (Å²) in [5, 5.41) is 9.05. The molecule has 0 aliphatic heterocycles. The lowest BCUT2D eigenvalue weighted by molar-refractivity contribution is 0.0692. The van der Waals surface area contributed by atoms with E-state index in [-0.39, 0.29) is 11.4 Å².